The molecule has 0 saturated heterocycles. The Bertz CT molecular complexity index is 809. The van der Waals surface area contributed by atoms with Gasteiger partial charge in [0.2, 0.25) is 11.8 Å². The average Bonchev–Trinajstić information content (AvgIpc) is 2.54. The number of carbonyl (C=O) groups is 4. The number of benzene rings is 2. The molecule has 0 aromatic heterocycles. The first-order valence-electron chi connectivity index (χ1n) is 6.95. The van der Waals surface area contributed by atoms with Gasteiger partial charge in [-0.25, -0.2) is 0 Å². The second-order valence-electron chi connectivity index (χ2n) is 5.12. The summed E-state index contributed by atoms with van der Waals surface area (Å²) in [6.45, 7) is 1.44. The van der Waals surface area contributed by atoms with Crippen LogP contribution in [-0.2, 0) is 0 Å². The number of nitrogens with one attached hydrogen (secondary N) is 1. The maximum atomic E-state index is 12.3. The Morgan fingerprint density at radius 2 is 1.21 bits per heavy atom. The maximum Gasteiger partial charge on any atom is 0.255 e. The van der Waals surface area contributed by atoms with E-state index in [4.69, 9.17) is 11.5 Å². The Balaban J connectivity index is 2.30. The number of amides is 3. The van der Waals surface area contributed by atoms with Crippen LogP contribution in [0, 0.1) is 0 Å². The summed E-state index contributed by atoms with van der Waals surface area (Å²) < 4.78 is 0. The quantitative estimate of drug-likeness (QED) is 0.715. The van der Waals surface area contributed by atoms with Crippen LogP contribution >= 0.6 is 0 Å². The molecule has 2 aromatic carbocycles. The van der Waals surface area contributed by atoms with Crippen molar-refractivity contribution in [2.75, 3.05) is 5.32 Å². The van der Waals surface area contributed by atoms with E-state index in [2.05, 4.69) is 5.32 Å². The summed E-state index contributed by atoms with van der Waals surface area (Å²) in [4.78, 5) is 46.2. The zero-order chi connectivity index (χ0) is 17.9. The van der Waals surface area contributed by atoms with Gasteiger partial charge in [0.1, 0.15) is 0 Å². The van der Waals surface area contributed by atoms with Gasteiger partial charge in [-0.05, 0) is 49.4 Å². The number of anilines is 1. The molecule has 0 heterocycles. The highest BCUT2D eigenvalue weighted by Gasteiger charge is 2.14. The van der Waals surface area contributed by atoms with Crippen molar-refractivity contribution in [3.05, 3.63) is 64.7 Å². The number of primary amides is 2. The monoisotopic (exact) mass is 325 g/mol. The first-order valence-corrected chi connectivity index (χ1v) is 6.95. The molecule has 0 bridgehead atoms. The molecule has 24 heavy (non-hydrogen) atoms. The molecule has 0 spiro atoms. The zero-order valence-corrected chi connectivity index (χ0v) is 12.8. The van der Waals surface area contributed by atoms with Crippen molar-refractivity contribution >= 4 is 29.2 Å². The predicted octanol–water partition coefficient (Wildman–Crippen LogP) is 1.34. The Morgan fingerprint density at radius 1 is 0.750 bits per heavy atom. The molecule has 2 rings (SSSR count). The third-order valence-electron chi connectivity index (χ3n) is 3.31. The highest BCUT2D eigenvalue weighted by molar-refractivity contribution is 6.08. The minimum atomic E-state index is -0.780. The van der Waals surface area contributed by atoms with E-state index in [1.54, 1.807) is 24.3 Å². The topological polar surface area (TPSA) is 132 Å². The molecule has 7 nitrogen and oxygen atoms in total. The highest BCUT2D eigenvalue weighted by atomic mass is 16.2. The van der Waals surface area contributed by atoms with Crippen molar-refractivity contribution < 1.29 is 19.2 Å². The molecule has 0 aliphatic rings. The number of nitrogens with two attached hydrogens (primary N) is 2. The molecule has 7 heteroatoms. The summed E-state index contributed by atoms with van der Waals surface area (Å²) >= 11 is 0. The van der Waals surface area contributed by atoms with E-state index < -0.39 is 17.7 Å². The van der Waals surface area contributed by atoms with Crippen LogP contribution in [0.5, 0.6) is 0 Å². The Kier molecular flexibility index (Phi) is 4.74. The van der Waals surface area contributed by atoms with Crippen LogP contribution in [0.4, 0.5) is 5.69 Å². The largest absolute Gasteiger partial charge is 0.366 e. The lowest BCUT2D eigenvalue weighted by atomic mass is 10.0. The predicted molar refractivity (Wildman–Crippen MR) is 87.9 cm³/mol. The second kappa shape index (κ2) is 6.74. The van der Waals surface area contributed by atoms with Crippen LogP contribution in [0.3, 0.4) is 0 Å². The summed E-state index contributed by atoms with van der Waals surface area (Å²) in [5.74, 6) is -2.19. The highest BCUT2D eigenvalue weighted by Crippen LogP contribution is 2.14. The molecule has 0 saturated carbocycles. The van der Waals surface area contributed by atoms with Crippen molar-refractivity contribution in [3.63, 3.8) is 0 Å². The molecular formula is C17H15N3O4. The summed E-state index contributed by atoms with van der Waals surface area (Å²) in [6.07, 6.45) is 0. The zero-order valence-electron chi connectivity index (χ0n) is 12.8. The fourth-order valence-electron chi connectivity index (χ4n) is 2.03. The van der Waals surface area contributed by atoms with Crippen molar-refractivity contribution in [1.29, 1.82) is 0 Å². The van der Waals surface area contributed by atoms with Gasteiger partial charge in [-0.3, -0.25) is 19.2 Å². The number of hydrogen-bond acceptors (Lipinski definition) is 4. The number of carbonyl (C=O) groups excluding carboxylic acids is 4. The third-order valence-corrected chi connectivity index (χ3v) is 3.31. The normalized spacial score (nSPS) is 10.0. The van der Waals surface area contributed by atoms with Gasteiger partial charge in [0.05, 0.1) is 0 Å². The first kappa shape index (κ1) is 16.9. The van der Waals surface area contributed by atoms with E-state index in [-0.39, 0.29) is 22.5 Å². The second-order valence-corrected chi connectivity index (χ2v) is 5.12. The van der Waals surface area contributed by atoms with Crippen LogP contribution in [0.25, 0.3) is 0 Å². The number of Topliss-reactive ketones (excluding diaryl/α,β-unsaturated/α-hetero) is 1. The van der Waals surface area contributed by atoms with Gasteiger partial charge in [-0.15, -0.1) is 0 Å². The molecule has 2 aromatic rings. The van der Waals surface area contributed by atoms with Crippen molar-refractivity contribution in [1.82, 2.24) is 0 Å². The SMILES string of the molecule is CC(=O)c1ccc(NC(=O)c2cc(C(N)=O)cc(C(N)=O)c2)cc1. The lowest BCUT2D eigenvalue weighted by molar-refractivity contribution is 0.0994. The Labute approximate surface area is 137 Å². The lowest BCUT2D eigenvalue weighted by Crippen LogP contribution is -2.19. The molecule has 3 amide bonds. The Hall–Kier alpha value is -3.48. The molecule has 0 atom stereocenters. The summed E-state index contributed by atoms with van der Waals surface area (Å²) in [6, 6.07) is 10.1. The van der Waals surface area contributed by atoms with Gasteiger partial charge >= 0.3 is 0 Å². The van der Waals surface area contributed by atoms with Gasteiger partial charge in [0.25, 0.3) is 5.91 Å². The number of ketones is 1. The standard InChI is InChI=1S/C17H15N3O4/c1-9(21)10-2-4-14(5-3-10)20-17(24)13-7-11(15(18)22)6-12(8-13)16(19)23/h2-8H,1H3,(H2,18,22)(H2,19,23)(H,20,24). The molecule has 0 radical (unpaired) electrons. The van der Waals surface area contributed by atoms with E-state index in [0.717, 1.165) is 0 Å². The molecule has 5 N–H and O–H groups in total. The fourth-order valence-corrected chi connectivity index (χ4v) is 2.03. The molecule has 122 valence electrons. The van der Waals surface area contributed by atoms with E-state index in [0.29, 0.717) is 11.3 Å². The average molecular weight is 325 g/mol. The van der Waals surface area contributed by atoms with Crippen LogP contribution in [-0.4, -0.2) is 23.5 Å². The van der Waals surface area contributed by atoms with Crippen LogP contribution < -0.4 is 16.8 Å². The van der Waals surface area contributed by atoms with Crippen LogP contribution in [0.15, 0.2) is 42.5 Å². The van der Waals surface area contributed by atoms with E-state index in [1.165, 1.54) is 25.1 Å². The van der Waals surface area contributed by atoms with Crippen LogP contribution in [0.2, 0.25) is 0 Å². The van der Waals surface area contributed by atoms with Gasteiger partial charge in [-0.1, -0.05) is 0 Å². The molecule has 0 unspecified atom stereocenters. The first-order chi connectivity index (χ1) is 11.3. The molecule has 0 fully saturated rings. The molecule has 0 aliphatic carbocycles. The van der Waals surface area contributed by atoms with E-state index in [9.17, 15) is 19.2 Å². The van der Waals surface area contributed by atoms with E-state index in [1.807, 2.05) is 0 Å². The maximum absolute atomic E-state index is 12.3. The number of hydrogen-bond donors (Lipinski definition) is 3. The van der Waals surface area contributed by atoms with Gasteiger partial charge in [0, 0.05) is 27.9 Å². The number of rotatable bonds is 5. The van der Waals surface area contributed by atoms with Gasteiger partial charge in [0.15, 0.2) is 5.78 Å². The Morgan fingerprint density at radius 3 is 1.62 bits per heavy atom. The van der Waals surface area contributed by atoms with Crippen molar-refractivity contribution in [2.24, 2.45) is 11.5 Å². The fraction of sp³-hybridized carbons (Fsp3) is 0.0588. The molecular weight excluding hydrogens is 310 g/mol. The smallest absolute Gasteiger partial charge is 0.255 e. The third kappa shape index (κ3) is 3.83. The van der Waals surface area contributed by atoms with Gasteiger partial charge < -0.3 is 16.8 Å². The van der Waals surface area contributed by atoms with Crippen molar-refractivity contribution in [3.8, 4) is 0 Å². The van der Waals surface area contributed by atoms with E-state index >= 15 is 0 Å². The minimum absolute atomic E-state index is 0.00313. The summed E-state index contributed by atoms with van der Waals surface area (Å²) in [7, 11) is 0. The van der Waals surface area contributed by atoms with Crippen molar-refractivity contribution in [2.45, 2.75) is 6.92 Å². The summed E-state index contributed by atoms with van der Waals surface area (Å²) in [5, 5.41) is 2.60. The minimum Gasteiger partial charge on any atom is -0.366 e. The lowest BCUT2D eigenvalue weighted by Gasteiger charge is -2.08. The summed E-state index contributed by atoms with van der Waals surface area (Å²) in [5.41, 5.74) is 11.4. The molecule has 0 aliphatic heterocycles. The van der Waals surface area contributed by atoms with Crippen LogP contribution in [0.1, 0.15) is 48.4 Å². The van der Waals surface area contributed by atoms with Gasteiger partial charge in [-0.2, -0.15) is 0 Å².